The molecule has 0 aromatic carbocycles. The maximum absolute atomic E-state index is 11.6. The van der Waals surface area contributed by atoms with E-state index in [1.165, 1.54) is 11.3 Å². The molecule has 1 fully saturated rings. The van der Waals surface area contributed by atoms with Gasteiger partial charge in [0.05, 0.1) is 0 Å². The van der Waals surface area contributed by atoms with Gasteiger partial charge in [-0.3, -0.25) is 4.79 Å². The quantitative estimate of drug-likeness (QED) is 0.742. The van der Waals surface area contributed by atoms with Gasteiger partial charge in [-0.15, -0.1) is 0 Å². The van der Waals surface area contributed by atoms with Crippen molar-refractivity contribution in [2.75, 3.05) is 0 Å². The summed E-state index contributed by atoms with van der Waals surface area (Å²) in [4.78, 5) is 24.4. The van der Waals surface area contributed by atoms with Crippen molar-refractivity contribution in [3.8, 4) is 0 Å². The van der Waals surface area contributed by atoms with Crippen molar-refractivity contribution in [2.24, 2.45) is 5.92 Å². The van der Waals surface area contributed by atoms with E-state index >= 15 is 0 Å². The molecule has 18 heavy (non-hydrogen) atoms. The predicted molar refractivity (Wildman–Crippen MR) is 70.3 cm³/mol. The first-order valence-corrected chi connectivity index (χ1v) is 6.95. The molecule has 0 radical (unpaired) electrons. The van der Waals surface area contributed by atoms with Crippen molar-refractivity contribution in [2.45, 2.75) is 70.9 Å². The number of hydrogen-bond acceptors (Lipinski definition) is 2. The summed E-state index contributed by atoms with van der Waals surface area (Å²) >= 11 is 0. The van der Waals surface area contributed by atoms with Crippen LogP contribution in [0.4, 0.5) is 0 Å². The molecule has 0 aromatic heterocycles. The molecular formula is C14H25NO3. The second-order valence-corrected chi connectivity index (χ2v) is 5.68. The Morgan fingerprint density at radius 1 is 1.44 bits per heavy atom. The second kappa shape index (κ2) is 6.21. The maximum atomic E-state index is 11.6. The highest BCUT2D eigenvalue weighted by Crippen LogP contribution is 2.38. The van der Waals surface area contributed by atoms with Crippen LogP contribution < -0.4 is 0 Å². The number of amides is 1. The molecule has 4 heteroatoms. The molecule has 0 aliphatic heterocycles. The Balaban J connectivity index is 2.85. The molecule has 0 heterocycles. The van der Waals surface area contributed by atoms with Crippen LogP contribution in [0.25, 0.3) is 0 Å². The van der Waals surface area contributed by atoms with Crippen LogP contribution >= 0.6 is 0 Å². The third-order valence-electron chi connectivity index (χ3n) is 4.19. The van der Waals surface area contributed by atoms with Crippen molar-refractivity contribution >= 4 is 12.4 Å². The van der Waals surface area contributed by atoms with Crippen LogP contribution in [0.2, 0.25) is 0 Å². The Hall–Kier alpha value is -1.06. The molecule has 1 amide bonds. The molecule has 0 saturated heterocycles. The molecule has 104 valence electrons. The van der Waals surface area contributed by atoms with E-state index in [1.54, 1.807) is 0 Å². The smallest absolute Gasteiger partial charge is 0.329 e. The number of carbonyl (C=O) groups excluding carboxylic acids is 1. The van der Waals surface area contributed by atoms with Gasteiger partial charge in [0.15, 0.2) is 0 Å². The first-order chi connectivity index (χ1) is 8.47. The Bertz CT molecular complexity index is 293. The first kappa shape index (κ1) is 15.0. The molecule has 1 N–H and O–H groups in total. The number of carbonyl (C=O) groups is 2. The molecule has 4 nitrogen and oxygen atoms in total. The molecule has 1 rings (SSSR count). The van der Waals surface area contributed by atoms with E-state index in [9.17, 15) is 14.7 Å². The van der Waals surface area contributed by atoms with Gasteiger partial charge in [0, 0.05) is 6.04 Å². The van der Waals surface area contributed by atoms with Gasteiger partial charge in [0.2, 0.25) is 6.41 Å². The predicted octanol–water partition coefficient (Wildman–Crippen LogP) is 2.67. The fourth-order valence-electron chi connectivity index (χ4n) is 3.15. The molecule has 1 aliphatic rings. The summed E-state index contributed by atoms with van der Waals surface area (Å²) in [7, 11) is 0. The van der Waals surface area contributed by atoms with E-state index in [-0.39, 0.29) is 6.04 Å². The van der Waals surface area contributed by atoms with E-state index < -0.39 is 11.5 Å². The SMILES string of the molecule is CCCC1CCC(C(=O)O)(N(C=O)C(C)C)CC1. The Morgan fingerprint density at radius 3 is 2.33 bits per heavy atom. The highest BCUT2D eigenvalue weighted by Gasteiger charge is 2.47. The number of carboxylic acid groups (broad SMARTS) is 1. The lowest BCUT2D eigenvalue weighted by Crippen LogP contribution is -2.58. The molecule has 0 unspecified atom stereocenters. The third kappa shape index (κ3) is 2.85. The molecule has 0 bridgehead atoms. The summed E-state index contributed by atoms with van der Waals surface area (Å²) in [6, 6.07) is -0.0682. The van der Waals surface area contributed by atoms with Gasteiger partial charge < -0.3 is 10.0 Å². The summed E-state index contributed by atoms with van der Waals surface area (Å²) in [6.45, 7) is 5.90. The van der Waals surface area contributed by atoms with Crippen LogP contribution in [-0.4, -0.2) is 34.0 Å². The third-order valence-corrected chi connectivity index (χ3v) is 4.19. The molecule has 1 saturated carbocycles. The zero-order valence-corrected chi connectivity index (χ0v) is 11.7. The highest BCUT2D eigenvalue weighted by molar-refractivity contribution is 5.81. The molecular weight excluding hydrogens is 230 g/mol. The fraction of sp³-hybridized carbons (Fsp3) is 0.857. The lowest BCUT2D eigenvalue weighted by molar-refractivity contribution is -0.160. The highest BCUT2D eigenvalue weighted by atomic mass is 16.4. The largest absolute Gasteiger partial charge is 0.479 e. The molecule has 0 spiro atoms. The minimum Gasteiger partial charge on any atom is -0.479 e. The van der Waals surface area contributed by atoms with Crippen molar-refractivity contribution in [1.82, 2.24) is 4.90 Å². The summed E-state index contributed by atoms with van der Waals surface area (Å²) in [6.07, 6.45) is 6.02. The Labute approximate surface area is 109 Å². The van der Waals surface area contributed by atoms with Gasteiger partial charge in [-0.1, -0.05) is 19.8 Å². The van der Waals surface area contributed by atoms with Crippen molar-refractivity contribution in [3.05, 3.63) is 0 Å². The van der Waals surface area contributed by atoms with Crippen LogP contribution in [0.15, 0.2) is 0 Å². The van der Waals surface area contributed by atoms with Gasteiger partial charge in [-0.2, -0.15) is 0 Å². The first-order valence-electron chi connectivity index (χ1n) is 6.95. The average molecular weight is 255 g/mol. The normalized spacial score (nSPS) is 28.1. The minimum absolute atomic E-state index is 0.0682. The maximum Gasteiger partial charge on any atom is 0.329 e. The number of rotatable bonds is 6. The monoisotopic (exact) mass is 255 g/mol. The Morgan fingerprint density at radius 2 is 2.00 bits per heavy atom. The molecule has 0 atom stereocenters. The molecule has 0 aromatic rings. The topological polar surface area (TPSA) is 57.6 Å². The summed E-state index contributed by atoms with van der Waals surface area (Å²) < 4.78 is 0. The van der Waals surface area contributed by atoms with E-state index in [1.807, 2.05) is 13.8 Å². The van der Waals surface area contributed by atoms with Crippen molar-refractivity contribution < 1.29 is 14.7 Å². The number of carboxylic acids is 1. The van der Waals surface area contributed by atoms with Crippen LogP contribution in [-0.2, 0) is 9.59 Å². The standard InChI is InChI=1S/C14H25NO3/c1-4-5-12-6-8-14(9-7-12,13(17)18)15(10-16)11(2)3/h10-12H,4-9H2,1-3H3,(H,17,18). The van der Waals surface area contributed by atoms with Crippen LogP contribution in [0.3, 0.4) is 0 Å². The summed E-state index contributed by atoms with van der Waals surface area (Å²) in [5.74, 6) is -0.221. The summed E-state index contributed by atoms with van der Waals surface area (Å²) in [5.41, 5.74) is -0.972. The average Bonchev–Trinajstić information content (AvgIpc) is 2.32. The van der Waals surface area contributed by atoms with Crippen LogP contribution in [0.5, 0.6) is 0 Å². The lowest BCUT2D eigenvalue weighted by atomic mass is 9.74. The van der Waals surface area contributed by atoms with E-state index in [2.05, 4.69) is 6.92 Å². The fourth-order valence-corrected chi connectivity index (χ4v) is 3.15. The van der Waals surface area contributed by atoms with E-state index in [0.29, 0.717) is 25.2 Å². The van der Waals surface area contributed by atoms with E-state index in [4.69, 9.17) is 0 Å². The zero-order chi connectivity index (χ0) is 13.8. The van der Waals surface area contributed by atoms with Gasteiger partial charge in [0.1, 0.15) is 5.54 Å². The zero-order valence-electron chi connectivity index (χ0n) is 11.7. The van der Waals surface area contributed by atoms with Crippen molar-refractivity contribution in [1.29, 1.82) is 0 Å². The second-order valence-electron chi connectivity index (χ2n) is 5.68. The van der Waals surface area contributed by atoms with Gasteiger partial charge >= 0.3 is 5.97 Å². The molecule has 1 aliphatic carbocycles. The number of nitrogens with zero attached hydrogens (tertiary/aromatic N) is 1. The van der Waals surface area contributed by atoms with Crippen LogP contribution in [0, 0.1) is 5.92 Å². The Kier molecular flexibility index (Phi) is 5.17. The lowest BCUT2D eigenvalue weighted by Gasteiger charge is -2.45. The van der Waals surface area contributed by atoms with Crippen LogP contribution in [0.1, 0.15) is 59.3 Å². The summed E-state index contributed by atoms with van der Waals surface area (Å²) in [5, 5.41) is 9.55. The minimum atomic E-state index is -0.972. The van der Waals surface area contributed by atoms with Gasteiger partial charge in [-0.05, 0) is 45.4 Å². The van der Waals surface area contributed by atoms with Gasteiger partial charge in [-0.25, -0.2) is 4.79 Å². The number of hydrogen-bond donors (Lipinski definition) is 1. The number of aliphatic carboxylic acids is 1. The van der Waals surface area contributed by atoms with Gasteiger partial charge in [0.25, 0.3) is 0 Å². The van der Waals surface area contributed by atoms with Crippen molar-refractivity contribution in [3.63, 3.8) is 0 Å². The van der Waals surface area contributed by atoms with E-state index in [0.717, 1.165) is 19.3 Å².